The highest BCUT2D eigenvalue weighted by Gasteiger charge is 2.51. The second-order valence-corrected chi connectivity index (χ2v) is 4.42. The van der Waals surface area contributed by atoms with Crippen molar-refractivity contribution in [1.82, 2.24) is 5.43 Å². The predicted octanol–water partition coefficient (Wildman–Crippen LogP) is 0.343. The van der Waals surface area contributed by atoms with Crippen molar-refractivity contribution < 1.29 is 0 Å². The number of hydrogen-bond acceptors (Lipinski definition) is 2. The molecule has 0 aromatic carbocycles. The summed E-state index contributed by atoms with van der Waals surface area (Å²) in [5.41, 5.74) is 8.08. The van der Waals surface area contributed by atoms with Crippen LogP contribution in [-0.2, 0) is 0 Å². The van der Waals surface area contributed by atoms with Gasteiger partial charge in [-0.15, -0.1) is 0 Å². The van der Waals surface area contributed by atoms with Crippen molar-refractivity contribution >= 4 is 5.96 Å². The molecule has 0 aliphatic heterocycles. The number of hydrogen-bond donors (Lipinski definition) is 3. The fraction of sp³-hybridized carbons (Fsp3) is 0.889. The third-order valence-electron chi connectivity index (χ3n) is 3.32. The standard InChI is InChI=1S/C9H18N4/c1-9(6-2-3-6,7-4-5-7)12-8(10)13-11/h6-7H,2-5,11H2,1H3,(H3,10,12,13). The van der Waals surface area contributed by atoms with Crippen LogP contribution in [0, 0.1) is 11.8 Å². The third kappa shape index (κ3) is 1.63. The Morgan fingerprint density at radius 2 is 1.77 bits per heavy atom. The molecule has 0 radical (unpaired) electrons. The molecule has 2 fully saturated rings. The van der Waals surface area contributed by atoms with Gasteiger partial charge < -0.3 is 5.73 Å². The predicted molar refractivity (Wildman–Crippen MR) is 52.8 cm³/mol. The first kappa shape index (κ1) is 8.81. The Kier molecular flexibility index (Phi) is 1.95. The lowest BCUT2D eigenvalue weighted by molar-refractivity contribution is 0.358. The summed E-state index contributed by atoms with van der Waals surface area (Å²) in [5, 5.41) is 0. The Bertz CT molecular complexity index is 216. The van der Waals surface area contributed by atoms with Crippen LogP contribution in [0.15, 0.2) is 4.99 Å². The molecule has 0 bridgehead atoms. The van der Waals surface area contributed by atoms with E-state index in [0.29, 0.717) is 5.96 Å². The summed E-state index contributed by atoms with van der Waals surface area (Å²) in [5.74, 6) is 7.08. The van der Waals surface area contributed by atoms with E-state index in [2.05, 4.69) is 17.3 Å². The summed E-state index contributed by atoms with van der Waals surface area (Å²) in [4.78, 5) is 4.51. The van der Waals surface area contributed by atoms with Gasteiger partial charge in [-0.1, -0.05) is 0 Å². The molecule has 74 valence electrons. The van der Waals surface area contributed by atoms with Crippen LogP contribution in [0.25, 0.3) is 0 Å². The Hall–Kier alpha value is -0.770. The van der Waals surface area contributed by atoms with Crippen molar-refractivity contribution in [2.45, 2.75) is 38.1 Å². The number of nitrogens with one attached hydrogen (secondary N) is 1. The molecule has 2 aliphatic carbocycles. The van der Waals surface area contributed by atoms with E-state index >= 15 is 0 Å². The zero-order chi connectivity index (χ0) is 9.47. The average molecular weight is 182 g/mol. The van der Waals surface area contributed by atoms with E-state index in [1.54, 1.807) is 0 Å². The highest BCUT2D eigenvalue weighted by Crippen LogP contribution is 2.53. The molecule has 2 saturated carbocycles. The minimum atomic E-state index is 0.0659. The smallest absolute Gasteiger partial charge is 0.203 e. The molecule has 4 nitrogen and oxygen atoms in total. The molecule has 0 amide bonds. The molecule has 0 aromatic rings. The Balaban J connectivity index is 2.12. The molecular formula is C9H18N4. The van der Waals surface area contributed by atoms with Gasteiger partial charge in [0.05, 0.1) is 5.54 Å². The van der Waals surface area contributed by atoms with E-state index in [-0.39, 0.29) is 5.54 Å². The van der Waals surface area contributed by atoms with Gasteiger partial charge in [0.15, 0.2) is 0 Å². The molecule has 13 heavy (non-hydrogen) atoms. The lowest BCUT2D eigenvalue weighted by Crippen LogP contribution is -2.41. The number of nitrogens with zero attached hydrogens (tertiary/aromatic N) is 1. The fourth-order valence-electron chi connectivity index (χ4n) is 2.14. The number of rotatable bonds is 3. The first-order chi connectivity index (χ1) is 6.16. The third-order valence-corrected chi connectivity index (χ3v) is 3.32. The number of aliphatic imine (C=N–C) groups is 1. The molecule has 0 spiro atoms. The van der Waals surface area contributed by atoms with Crippen molar-refractivity contribution in [3.05, 3.63) is 0 Å². The van der Waals surface area contributed by atoms with Gasteiger partial charge in [-0.25, -0.2) is 10.8 Å². The Morgan fingerprint density at radius 1 is 1.31 bits per heavy atom. The first-order valence-corrected chi connectivity index (χ1v) is 4.98. The van der Waals surface area contributed by atoms with Gasteiger partial charge in [0.1, 0.15) is 0 Å². The van der Waals surface area contributed by atoms with Gasteiger partial charge in [0, 0.05) is 0 Å². The number of hydrazine groups is 1. The summed E-state index contributed by atoms with van der Waals surface area (Å²) in [7, 11) is 0. The van der Waals surface area contributed by atoms with Gasteiger partial charge >= 0.3 is 0 Å². The zero-order valence-corrected chi connectivity index (χ0v) is 8.09. The van der Waals surface area contributed by atoms with Gasteiger partial charge in [0.25, 0.3) is 0 Å². The molecule has 0 unspecified atom stereocenters. The molecule has 5 N–H and O–H groups in total. The van der Waals surface area contributed by atoms with Crippen LogP contribution < -0.4 is 17.0 Å². The van der Waals surface area contributed by atoms with Crippen LogP contribution >= 0.6 is 0 Å². The van der Waals surface area contributed by atoms with E-state index in [4.69, 9.17) is 11.6 Å². The summed E-state index contributed by atoms with van der Waals surface area (Å²) >= 11 is 0. The van der Waals surface area contributed by atoms with Crippen LogP contribution in [0.4, 0.5) is 0 Å². The Morgan fingerprint density at radius 3 is 2.08 bits per heavy atom. The lowest BCUT2D eigenvalue weighted by Gasteiger charge is -2.25. The number of guanidine groups is 1. The van der Waals surface area contributed by atoms with E-state index in [1.165, 1.54) is 25.7 Å². The number of nitrogens with two attached hydrogens (primary N) is 2. The molecule has 2 aliphatic rings. The van der Waals surface area contributed by atoms with Crippen molar-refractivity contribution in [3.8, 4) is 0 Å². The van der Waals surface area contributed by atoms with Gasteiger partial charge in [-0.05, 0) is 44.4 Å². The molecular weight excluding hydrogens is 164 g/mol. The van der Waals surface area contributed by atoms with E-state index < -0.39 is 0 Å². The van der Waals surface area contributed by atoms with Crippen molar-refractivity contribution in [1.29, 1.82) is 0 Å². The van der Waals surface area contributed by atoms with Gasteiger partial charge in [-0.3, -0.25) is 5.43 Å². The van der Waals surface area contributed by atoms with E-state index in [0.717, 1.165) is 11.8 Å². The first-order valence-electron chi connectivity index (χ1n) is 4.98. The second kappa shape index (κ2) is 2.87. The van der Waals surface area contributed by atoms with E-state index in [9.17, 15) is 0 Å². The highest BCUT2D eigenvalue weighted by atomic mass is 15.3. The summed E-state index contributed by atoms with van der Waals surface area (Å²) in [6.45, 7) is 2.21. The van der Waals surface area contributed by atoms with Crippen molar-refractivity contribution in [2.75, 3.05) is 0 Å². The molecule has 2 rings (SSSR count). The Labute approximate surface area is 78.7 Å². The largest absolute Gasteiger partial charge is 0.369 e. The highest BCUT2D eigenvalue weighted by molar-refractivity contribution is 5.77. The quantitative estimate of drug-likeness (QED) is 0.255. The normalized spacial score (nSPS) is 24.6. The molecule has 0 heterocycles. The van der Waals surface area contributed by atoms with Gasteiger partial charge in [-0.2, -0.15) is 0 Å². The minimum Gasteiger partial charge on any atom is -0.369 e. The molecule has 0 aromatic heterocycles. The maximum Gasteiger partial charge on any atom is 0.203 e. The van der Waals surface area contributed by atoms with E-state index in [1.807, 2.05) is 0 Å². The maximum atomic E-state index is 5.60. The molecule has 4 heteroatoms. The van der Waals surface area contributed by atoms with Crippen LogP contribution in [-0.4, -0.2) is 11.5 Å². The van der Waals surface area contributed by atoms with Crippen LogP contribution in [0.2, 0.25) is 0 Å². The van der Waals surface area contributed by atoms with Crippen molar-refractivity contribution in [3.63, 3.8) is 0 Å². The second-order valence-electron chi connectivity index (χ2n) is 4.42. The topological polar surface area (TPSA) is 76.4 Å². The fourth-order valence-corrected chi connectivity index (χ4v) is 2.14. The monoisotopic (exact) mass is 182 g/mol. The van der Waals surface area contributed by atoms with Crippen molar-refractivity contribution in [2.24, 2.45) is 28.4 Å². The molecule has 0 atom stereocenters. The maximum absolute atomic E-state index is 5.60. The lowest BCUT2D eigenvalue weighted by atomic mass is 9.91. The van der Waals surface area contributed by atoms with Gasteiger partial charge in [0.2, 0.25) is 5.96 Å². The molecule has 0 saturated heterocycles. The summed E-state index contributed by atoms with van der Waals surface area (Å²) in [6.07, 6.45) is 5.20. The van der Waals surface area contributed by atoms with Crippen LogP contribution in [0.1, 0.15) is 32.6 Å². The minimum absolute atomic E-state index is 0.0659. The van der Waals surface area contributed by atoms with Crippen LogP contribution in [0.5, 0.6) is 0 Å². The SMILES string of the molecule is CC(N=C(N)NN)(C1CC1)C1CC1. The average Bonchev–Trinajstić information content (AvgIpc) is 2.89. The summed E-state index contributed by atoms with van der Waals surface area (Å²) in [6, 6.07) is 0. The zero-order valence-electron chi connectivity index (χ0n) is 8.09. The van der Waals surface area contributed by atoms with Crippen LogP contribution in [0.3, 0.4) is 0 Å². The summed E-state index contributed by atoms with van der Waals surface area (Å²) < 4.78 is 0.